The minimum Gasteiger partial charge on any atom is -0.398 e. The predicted octanol–water partition coefficient (Wildman–Crippen LogP) is 4.58. The molecule has 15 heteroatoms. The van der Waals surface area contributed by atoms with Crippen molar-refractivity contribution in [3.63, 3.8) is 0 Å². The van der Waals surface area contributed by atoms with E-state index in [1.807, 2.05) is 0 Å². The van der Waals surface area contributed by atoms with E-state index in [9.17, 15) is 35.1 Å². The molecule has 0 aliphatic heterocycles. The van der Waals surface area contributed by atoms with Crippen molar-refractivity contribution in [2.45, 2.75) is 18.3 Å². The van der Waals surface area contributed by atoms with Gasteiger partial charge in [0.15, 0.2) is 11.5 Å². The number of benzene rings is 1. The number of hydrogen-bond donors (Lipinski definition) is 1. The number of hydrogen-bond acceptors (Lipinski definition) is 4. The van der Waals surface area contributed by atoms with Crippen molar-refractivity contribution in [1.82, 2.24) is 24.8 Å². The maximum Gasteiger partial charge on any atom is 0.459 e. The topological polar surface area (TPSA) is 74.5 Å². The van der Waals surface area contributed by atoms with E-state index in [0.717, 1.165) is 13.2 Å². The Balaban J connectivity index is 2.20. The fourth-order valence-electron chi connectivity index (χ4n) is 2.60. The van der Waals surface area contributed by atoms with E-state index >= 15 is 0 Å². The van der Waals surface area contributed by atoms with Crippen LogP contribution < -0.4 is 5.73 Å². The Morgan fingerprint density at radius 2 is 1.67 bits per heavy atom. The van der Waals surface area contributed by atoms with E-state index in [2.05, 4.69) is 15.4 Å². The number of nitrogens with two attached hydrogens (primary N) is 1. The van der Waals surface area contributed by atoms with Crippen LogP contribution in [0.3, 0.4) is 0 Å². The van der Waals surface area contributed by atoms with E-state index in [4.69, 9.17) is 17.3 Å². The van der Waals surface area contributed by atoms with Gasteiger partial charge in [0.25, 0.3) is 0 Å². The number of anilines is 1. The highest BCUT2D eigenvalue weighted by Crippen LogP contribution is 2.49. The molecule has 2 aromatic heterocycles. The van der Waals surface area contributed by atoms with Gasteiger partial charge in [-0.1, -0.05) is 22.9 Å². The molecule has 6 nitrogen and oxygen atoms in total. The summed E-state index contributed by atoms with van der Waals surface area (Å²) in [7, 11) is 0.766. The third kappa shape index (κ3) is 3.55. The molecule has 30 heavy (non-hydrogen) atoms. The van der Waals surface area contributed by atoms with Gasteiger partial charge in [-0.3, -0.25) is 0 Å². The molecule has 0 aliphatic carbocycles. The van der Waals surface area contributed by atoms with Gasteiger partial charge in [-0.2, -0.15) is 40.2 Å². The standard InChI is InChI=1S/C15H9ClF8N6/c1-29-12(10(14(19,20)21)11(27-29)13(17,18)15(22,23)24)30-5-9(26-28-30)6-2-3-7(16)8(25)4-6/h2-5H,25H2,1H3. The van der Waals surface area contributed by atoms with E-state index in [0.29, 0.717) is 4.68 Å². The SMILES string of the molecule is Cn1nc(C(F)(F)C(F)(F)F)c(C(F)(F)F)c1-n1cc(-c2ccc(Cl)c(N)c2)nn1. The third-order valence-electron chi connectivity index (χ3n) is 3.96. The molecule has 0 atom stereocenters. The highest BCUT2D eigenvalue weighted by Gasteiger charge is 2.64. The largest absolute Gasteiger partial charge is 0.459 e. The number of nitrogen functional groups attached to an aromatic ring is 1. The van der Waals surface area contributed by atoms with Crippen LogP contribution in [0.15, 0.2) is 24.4 Å². The van der Waals surface area contributed by atoms with Crippen LogP contribution in [0.2, 0.25) is 5.02 Å². The van der Waals surface area contributed by atoms with E-state index in [-0.39, 0.29) is 26.6 Å². The lowest BCUT2D eigenvalue weighted by molar-refractivity contribution is -0.292. The molecule has 2 N–H and O–H groups in total. The molecule has 0 saturated carbocycles. The van der Waals surface area contributed by atoms with Gasteiger partial charge in [0.1, 0.15) is 11.3 Å². The summed E-state index contributed by atoms with van der Waals surface area (Å²) in [5.74, 6) is -7.04. The lowest BCUT2D eigenvalue weighted by Crippen LogP contribution is -2.36. The molecule has 2 heterocycles. The van der Waals surface area contributed by atoms with Crippen molar-refractivity contribution in [2.24, 2.45) is 7.05 Å². The van der Waals surface area contributed by atoms with Gasteiger partial charge in [-0.05, 0) is 12.1 Å². The second kappa shape index (κ2) is 6.82. The molecular weight excluding hydrogens is 452 g/mol. The first kappa shape index (κ1) is 21.8. The summed E-state index contributed by atoms with van der Waals surface area (Å²) in [6, 6.07) is 4.11. The fourth-order valence-corrected chi connectivity index (χ4v) is 2.71. The average Bonchev–Trinajstić information content (AvgIpc) is 3.20. The minimum absolute atomic E-state index is 0.0446. The van der Waals surface area contributed by atoms with Crippen molar-refractivity contribution in [3.8, 4) is 17.1 Å². The quantitative estimate of drug-likeness (QED) is 0.459. The number of halogens is 9. The van der Waals surface area contributed by atoms with Crippen LogP contribution >= 0.6 is 11.6 Å². The normalized spacial score (nSPS) is 13.1. The van der Waals surface area contributed by atoms with Crippen LogP contribution in [-0.2, 0) is 19.1 Å². The smallest absolute Gasteiger partial charge is 0.398 e. The first-order valence-electron chi connectivity index (χ1n) is 7.72. The third-order valence-corrected chi connectivity index (χ3v) is 4.30. The monoisotopic (exact) mass is 460 g/mol. The Morgan fingerprint density at radius 1 is 1.03 bits per heavy atom. The van der Waals surface area contributed by atoms with Gasteiger partial charge < -0.3 is 5.73 Å². The zero-order valence-corrected chi connectivity index (χ0v) is 15.3. The first-order chi connectivity index (χ1) is 13.6. The molecule has 3 rings (SSSR count). The molecular formula is C15H9ClF8N6. The number of aryl methyl sites for hydroxylation is 1. The summed E-state index contributed by atoms with van der Waals surface area (Å²) in [5, 5.41) is 10.0. The van der Waals surface area contributed by atoms with Crippen LogP contribution in [0.25, 0.3) is 17.1 Å². The zero-order valence-electron chi connectivity index (χ0n) is 14.5. The molecule has 0 spiro atoms. The highest BCUT2D eigenvalue weighted by atomic mass is 35.5. The summed E-state index contributed by atoms with van der Waals surface area (Å²) >= 11 is 5.78. The van der Waals surface area contributed by atoms with Crippen molar-refractivity contribution < 1.29 is 35.1 Å². The predicted molar refractivity (Wildman–Crippen MR) is 87.9 cm³/mol. The Hall–Kier alpha value is -2.90. The lowest BCUT2D eigenvalue weighted by atomic mass is 10.1. The van der Waals surface area contributed by atoms with Crippen LogP contribution in [0.4, 0.5) is 40.8 Å². The Kier molecular flexibility index (Phi) is 4.96. The fraction of sp³-hybridized carbons (Fsp3) is 0.267. The van der Waals surface area contributed by atoms with Gasteiger partial charge in [0, 0.05) is 12.6 Å². The maximum atomic E-state index is 13.7. The van der Waals surface area contributed by atoms with Gasteiger partial charge in [-0.15, -0.1) is 5.10 Å². The summed E-state index contributed by atoms with van der Waals surface area (Å²) in [6.07, 6.45) is -11.0. The van der Waals surface area contributed by atoms with Crippen LogP contribution in [0.5, 0.6) is 0 Å². The van der Waals surface area contributed by atoms with Crippen molar-refractivity contribution >= 4 is 17.3 Å². The van der Waals surface area contributed by atoms with Gasteiger partial charge >= 0.3 is 18.3 Å². The minimum atomic E-state index is -6.30. The average molecular weight is 461 g/mol. The Morgan fingerprint density at radius 3 is 2.20 bits per heavy atom. The molecule has 1 aromatic carbocycles. The van der Waals surface area contributed by atoms with E-state index < -0.39 is 35.4 Å². The molecule has 0 aliphatic rings. The second-order valence-corrected chi connectivity index (χ2v) is 6.43. The van der Waals surface area contributed by atoms with Gasteiger partial charge in [-0.25, -0.2) is 9.36 Å². The summed E-state index contributed by atoms with van der Waals surface area (Å²) in [4.78, 5) is 0. The Bertz CT molecular complexity index is 1100. The molecule has 0 saturated heterocycles. The van der Waals surface area contributed by atoms with E-state index in [1.165, 1.54) is 18.2 Å². The lowest BCUT2D eigenvalue weighted by Gasteiger charge is -2.19. The number of aromatic nitrogens is 5. The molecule has 3 aromatic rings. The van der Waals surface area contributed by atoms with Crippen molar-refractivity contribution in [2.75, 3.05) is 5.73 Å². The van der Waals surface area contributed by atoms with Crippen LogP contribution in [0, 0.1) is 0 Å². The molecule has 0 amide bonds. The molecule has 0 radical (unpaired) electrons. The molecule has 0 fully saturated rings. The summed E-state index contributed by atoms with van der Waals surface area (Å²) in [5.41, 5.74) is 1.19. The van der Waals surface area contributed by atoms with Crippen molar-refractivity contribution in [1.29, 1.82) is 0 Å². The van der Waals surface area contributed by atoms with Crippen LogP contribution in [0.1, 0.15) is 11.3 Å². The van der Waals surface area contributed by atoms with E-state index in [1.54, 1.807) is 0 Å². The summed E-state index contributed by atoms with van der Waals surface area (Å²) in [6.45, 7) is 0. The highest BCUT2D eigenvalue weighted by molar-refractivity contribution is 6.33. The number of alkyl halides is 8. The number of rotatable bonds is 3. The number of nitrogens with zero attached hydrogens (tertiary/aromatic N) is 5. The van der Waals surface area contributed by atoms with Gasteiger partial charge in [0.05, 0.1) is 16.9 Å². The van der Waals surface area contributed by atoms with Crippen molar-refractivity contribution in [3.05, 3.63) is 40.7 Å². The van der Waals surface area contributed by atoms with Gasteiger partial charge in [0.2, 0.25) is 0 Å². The maximum absolute atomic E-state index is 13.7. The molecule has 162 valence electrons. The molecule has 0 bridgehead atoms. The second-order valence-electron chi connectivity index (χ2n) is 6.03. The molecule has 0 unspecified atom stereocenters. The zero-order chi connectivity index (χ0) is 22.6. The van der Waals surface area contributed by atoms with Crippen LogP contribution in [-0.4, -0.2) is 31.0 Å². The summed E-state index contributed by atoms with van der Waals surface area (Å²) < 4.78 is 107. The first-order valence-corrected chi connectivity index (χ1v) is 8.09. The Labute approximate surface area is 166 Å².